The van der Waals surface area contributed by atoms with Gasteiger partial charge in [0.15, 0.2) is 5.60 Å². The van der Waals surface area contributed by atoms with Crippen LogP contribution >= 0.6 is 0 Å². The van der Waals surface area contributed by atoms with E-state index in [9.17, 15) is 9.18 Å². The Morgan fingerprint density at radius 2 is 1.79 bits per heavy atom. The van der Waals surface area contributed by atoms with Gasteiger partial charge in [-0.15, -0.1) is 0 Å². The molecule has 2 aromatic carbocycles. The topological polar surface area (TPSA) is 76.6 Å². The maximum atomic E-state index is 13.4. The molecule has 6 nitrogen and oxygen atoms in total. The maximum absolute atomic E-state index is 13.4. The van der Waals surface area contributed by atoms with E-state index < -0.39 is 5.60 Å². The van der Waals surface area contributed by atoms with Crippen LogP contribution in [0.15, 0.2) is 73.1 Å². The van der Waals surface area contributed by atoms with E-state index in [0.717, 1.165) is 5.56 Å². The second kappa shape index (κ2) is 8.16. The van der Waals surface area contributed by atoms with Crippen molar-refractivity contribution < 1.29 is 18.7 Å². The first-order valence-electron chi connectivity index (χ1n) is 10.7. The number of hydrogen-bond acceptors (Lipinski definition) is 5. The molecule has 0 atom stereocenters. The molecule has 3 heterocycles. The predicted molar refractivity (Wildman–Crippen MR) is 124 cm³/mol. The third kappa shape index (κ3) is 3.90. The number of imidazole rings is 1. The van der Waals surface area contributed by atoms with Crippen LogP contribution in [0.1, 0.15) is 36.2 Å². The Morgan fingerprint density at radius 3 is 2.50 bits per heavy atom. The van der Waals surface area contributed by atoms with Crippen molar-refractivity contribution in [3.8, 4) is 11.8 Å². The summed E-state index contributed by atoms with van der Waals surface area (Å²) in [7, 11) is 0. The third-order valence-corrected chi connectivity index (χ3v) is 5.64. The highest BCUT2D eigenvalue weighted by Gasteiger charge is 2.42. The number of aromatic nitrogens is 2. The summed E-state index contributed by atoms with van der Waals surface area (Å²) in [5, 5.41) is 9.06. The average molecular weight is 453 g/mol. The van der Waals surface area contributed by atoms with Crippen molar-refractivity contribution in [1.29, 1.82) is 5.26 Å². The second-order valence-electron chi connectivity index (χ2n) is 8.49. The Morgan fingerprint density at radius 1 is 1.09 bits per heavy atom. The van der Waals surface area contributed by atoms with Gasteiger partial charge in [-0.2, -0.15) is 5.26 Å². The lowest BCUT2D eigenvalue weighted by Gasteiger charge is -2.17. The van der Waals surface area contributed by atoms with Crippen LogP contribution in [0.4, 0.5) is 4.39 Å². The SMILES string of the molecule is CC1(C)OC(c2ccc(C#N)cc2)=C(c2ccc(OCc3cn4ccc(F)cc4n3)cc2)C1=O. The van der Waals surface area contributed by atoms with Crippen molar-refractivity contribution in [3.63, 3.8) is 0 Å². The van der Waals surface area contributed by atoms with Gasteiger partial charge < -0.3 is 13.9 Å². The number of ether oxygens (including phenoxy) is 2. The maximum Gasteiger partial charge on any atom is 0.210 e. The minimum Gasteiger partial charge on any atom is -0.487 e. The highest BCUT2D eigenvalue weighted by molar-refractivity contribution is 6.32. The number of ketones is 1. The van der Waals surface area contributed by atoms with Crippen LogP contribution in [0.3, 0.4) is 0 Å². The van der Waals surface area contributed by atoms with E-state index in [0.29, 0.717) is 39.5 Å². The molecule has 0 spiro atoms. The summed E-state index contributed by atoms with van der Waals surface area (Å²) in [5.41, 5.74) is 2.66. The number of carbonyl (C=O) groups excluding carboxylic acids is 1. The Labute approximate surface area is 195 Å². The fraction of sp³-hybridized carbons (Fsp3) is 0.148. The fourth-order valence-corrected chi connectivity index (χ4v) is 3.87. The van der Waals surface area contributed by atoms with Gasteiger partial charge in [-0.1, -0.05) is 12.1 Å². The van der Waals surface area contributed by atoms with Crippen LogP contribution in [0.25, 0.3) is 17.0 Å². The number of pyridine rings is 1. The molecule has 5 rings (SSSR count). The zero-order chi connectivity index (χ0) is 23.9. The molecule has 7 heteroatoms. The van der Waals surface area contributed by atoms with Crippen molar-refractivity contribution in [2.45, 2.75) is 26.1 Å². The predicted octanol–water partition coefficient (Wildman–Crippen LogP) is 5.17. The van der Waals surface area contributed by atoms with E-state index in [-0.39, 0.29) is 18.2 Å². The molecule has 0 unspecified atom stereocenters. The minimum atomic E-state index is -0.990. The number of fused-ring (bicyclic) bond motifs is 1. The molecule has 0 radical (unpaired) electrons. The van der Waals surface area contributed by atoms with Gasteiger partial charge in [0.25, 0.3) is 0 Å². The van der Waals surface area contributed by atoms with Gasteiger partial charge in [-0.05, 0) is 61.9 Å². The second-order valence-corrected chi connectivity index (χ2v) is 8.49. The lowest BCUT2D eigenvalue weighted by atomic mass is 9.92. The number of nitriles is 1. The zero-order valence-corrected chi connectivity index (χ0v) is 18.6. The van der Waals surface area contributed by atoms with Crippen LogP contribution in [-0.4, -0.2) is 20.8 Å². The molecule has 0 saturated carbocycles. The Balaban J connectivity index is 1.39. The Bertz CT molecular complexity index is 1480. The molecule has 0 N–H and O–H groups in total. The molecule has 0 aliphatic carbocycles. The number of hydrogen-bond donors (Lipinski definition) is 0. The smallest absolute Gasteiger partial charge is 0.210 e. The molecular formula is C27H20FN3O3. The lowest BCUT2D eigenvalue weighted by molar-refractivity contribution is -0.125. The summed E-state index contributed by atoms with van der Waals surface area (Å²) in [6.07, 6.45) is 3.39. The van der Waals surface area contributed by atoms with Gasteiger partial charge in [0, 0.05) is 24.0 Å². The van der Waals surface area contributed by atoms with Gasteiger partial charge in [-0.25, -0.2) is 9.37 Å². The first-order valence-corrected chi connectivity index (χ1v) is 10.7. The van der Waals surface area contributed by atoms with E-state index in [2.05, 4.69) is 11.1 Å². The zero-order valence-electron chi connectivity index (χ0n) is 18.6. The summed E-state index contributed by atoms with van der Waals surface area (Å²) in [6, 6.07) is 19.0. The molecular weight excluding hydrogens is 433 g/mol. The van der Waals surface area contributed by atoms with E-state index in [1.807, 2.05) is 12.1 Å². The summed E-state index contributed by atoms with van der Waals surface area (Å²) < 4.78 is 27.0. The molecule has 0 saturated heterocycles. The number of Topliss-reactive ketones (excluding diaryl/α,β-unsaturated/α-hetero) is 1. The molecule has 4 aromatic rings. The van der Waals surface area contributed by atoms with Crippen LogP contribution < -0.4 is 4.74 Å². The van der Waals surface area contributed by atoms with Gasteiger partial charge in [-0.3, -0.25) is 4.79 Å². The number of benzene rings is 2. The molecule has 168 valence electrons. The summed E-state index contributed by atoms with van der Waals surface area (Å²) in [4.78, 5) is 17.5. The lowest BCUT2D eigenvalue weighted by Crippen LogP contribution is -2.29. The number of carbonyl (C=O) groups is 1. The number of halogens is 1. The van der Waals surface area contributed by atoms with Crippen LogP contribution in [0.2, 0.25) is 0 Å². The highest BCUT2D eigenvalue weighted by atomic mass is 19.1. The molecule has 2 aromatic heterocycles. The van der Waals surface area contributed by atoms with Crippen molar-refractivity contribution in [1.82, 2.24) is 9.38 Å². The van der Waals surface area contributed by atoms with E-state index >= 15 is 0 Å². The normalized spacial score (nSPS) is 14.8. The highest BCUT2D eigenvalue weighted by Crippen LogP contribution is 2.41. The number of nitrogens with zero attached hydrogens (tertiary/aromatic N) is 3. The summed E-state index contributed by atoms with van der Waals surface area (Å²) in [6.45, 7) is 3.70. The first kappa shape index (κ1) is 21.4. The molecule has 0 fully saturated rings. The van der Waals surface area contributed by atoms with Gasteiger partial charge >= 0.3 is 0 Å². The molecule has 34 heavy (non-hydrogen) atoms. The van der Waals surface area contributed by atoms with Crippen molar-refractivity contribution in [3.05, 3.63) is 101 Å². The molecule has 1 aliphatic rings. The van der Waals surface area contributed by atoms with Gasteiger partial charge in [0.1, 0.15) is 29.6 Å². The summed E-state index contributed by atoms with van der Waals surface area (Å²) >= 11 is 0. The average Bonchev–Trinajstić information content (AvgIpc) is 3.35. The van der Waals surface area contributed by atoms with Gasteiger partial charge in [0.2, 0.25) is 5.78 Å². The fourth-order valence-electron chi connectivity index (χ4n) is 3.87. The standard InChI is InChI=1S/C27H20FN3O3/c1-27(2)26(32)24(25(34-27)19-5-3-17(14-29)4-6-19)18-7-9-22(10-8-18)33-16-21-15-31-12-11-20(28)13-23(31)30-21/h3-13,15H,16H2,1-2H3. The van der Waals surface area contributed by atoms with Crippen molar-refractivity contribution >= 4 is 22.8 Å². The molecule has 0 bridgehead atoms. The van der Waals surface area contributed by atoms with E-state index in [1.54, 1.807) is 67.0 Å². The van der Waals surface area contributed by atoms with Gasteiger partial charge in [0.05, 0.1) is 22.9 Å². The first-order chi connectivity index (χ1) is 16.3. The third-order valence-electron chi connectivity index (χ3n) is 5.64. The van der Waals surface area contributed by atoms with Crippen molar-refractivity contribution in [2.75, 3.05) is 0 Å². The van der Waals surface area contributed by atoms with Crippen LogP contribution in [-0.2, 0) is 16.1 Å². The monoisotopic (exact) mass is 453 g/mol. The molecule has 0 amide bonds. The van der Waals surface area contributed by atoms with Crippen LogP contribution in [0, 0.1) is 17.1 Å². The largest absolute Gasteiger partial charge is 0.487 e. The number of rotatable bonds is 5. The molecule has 1 aliphatic heterocycles. The quantitative estimate of drug-likeness (QED) is 0.417. The van der Waals surface area contributed by atoms with Crippen molar-refractivity contribution in [2.24, 2.45) is 0 Å². The Kier molecular flexibility index (Phi) is 5.14. The van der Waals surface area contributed by atoms with E-state index in [1.165, 1.54) is 12.1 Å². The summed E-state index contributed by atoms with van der Waals surface area (Å²) in [5.74, 6) is 0.644. The van der Waals surface area contributed by atoms with Crippen LogP contribution in [0.5, 0.6) is 5.75 Å². The Hall–Kier alpha value is -4.44. The van der Waals surface area contributed by atoms with E-state index in [4.69, 9.17) is 14.7 Å². The minimum absolute atomic E-state index is 0.113.